The molecule has 1 aromatic carbocycles. The summed E-state index contributed by atoms with van der Waals surface area (Å²) in [5, 5.41) is 12.6. The van der Waals surface area contributed by atoms with Crippen LogP contribution in [-0.4, -0.2) is 11.7 Å². The predicted octanol–water partition coefficient (Wildman–Crippen LogP) is 5.18. The third-order valence-corrected chi connectivity index (χ3v) is 3.67. The highest BCUT2D eigenvalue weighted by atomic mass is 16.3. The van der Waals surface area contributed by atoms with Crippen LogP contribution in [0.5, 0.6) is 5.75 Å². The van der Waals surface area contributed by atoms with Gasteiger partial charge in [0, 0.05) is 13.1 Å². The molecule has 1 rings (SSSR count). The molecule has 21 heavy (non-hydrogen) atoms. The van der Waals surface area contributed by atoms with Crippen LogP contribution in [-0.2, 0) is 6.54 Å². The van der Waals surface area contributed by atoms with Crippen molar-refractivity contribution in [2.24, 2.45) is 0 Å². The largest absolute Gasteiger partial charge is 0.508 e. The number of allylic oxidation sites excluding steroid dienone is 1. The molecular weight excluding hydrogens is 258 g/mol. The quantitative estimate of drug-likeness (QED) is 0.410. The van der Waals surface area contributed by atoms with Crippen LogP contribution < -0.4 is 5.32 Å². The van der Waals surface area contributed by atoms with E-state index in [1.54, 1.807) is 12.1 Å². The zero-order valence-corrected chi connectivity index (χ0v) is 13.5. The Bertz CT molecular complexity index is 370. The van der Waals surface area contributed by atoms with E-state index >= 15 is 0 Å². The molecule has 2 N–H and O–H groups in total. The van der Waals surface area contributed by atoms with E-state index in [0.29, 0.717) is 5.75 Å². The molecule has 0 fully saturated rings. The van der Waals surface area contributed by atoms with Crippen molar-refractivity contribution >= 4 is 0 Å². The Balaban J connectivity index is 1.90. The van der Waals surface area contributed by atoms with E-state index in [4.69, 9.17) is 0 Å². The predicted molar refractivity (Wildman–Crippen MR) is 91.6 cm³/mol. The van der Waals surface area contributed by atoms with Gasteiger partial charge in [0.15, 0.2) is 0 Å². The number of hydrogen-bond acceptors (Lipinski definition) is 2. The van der Waals surface area contributed by atoms with Crippen LogP contribution in [0.25, 0.3) is 0 Å². The average molecular weight is 289 g/mol. The summed E-state index contributed by atoms with van der Waals surface area (Å²) in [6.45, 7) is 4.03. The van der Waals surface area contributed by atoms with Gasteiger partial charge in [-0.1, -0.05) is 69.7 Å². The summed E-state index contributed by atoms with van der Waals surface area (Å²) in [7, 11) is 0. The van der Waals surface area contributed by atoms with Crippen LogP contribution >= 0.6 is 0 Å². The van der Waals surface area contributed by atoms with Crippen LogP contribution in [0.4, 0.5) is 0 Å². The lowest BCUT2D eigenvalue weighted by molar-refractivity contribution is 0.475. The summed E-state index contributed by atoms with van der Waals surface area (Å²) in [4.78, 5) is 0. The van der Waals surface area contributed by atoms with E-state index in [1.165, 1.54) is 56.9 Å². The molecule has 0 aromatic heterocycles. The number of nitrogens with one attached hydrogen (secondary N) is 1. The molecule has 0 saturated heterocycles. The second kappa shape index (κ2) is 12.5. The van der Waals surface area contributed by atoms with Crippen molar-refractivity contribution in [3.05, 3.63) is 42.0 Å². The van der Waals surface area contributed by atoms with Gasteiger partial charge in [-0.3, -0.25) is 0 Å². The summed E-state index contributed by atoms with van der Waals surface area (Å²) in [5.74, 6) is 0.327. The molecule has 2 heteroatoms. The molecule has 0 aliphatic carbocycles. The molecule has 0 unspecified atom stereocenters. The number of phenolic OH excluding ortho intramolecular Hbond substituents is 1. The Kier molecular flexibility index (Phi) is 10.5. The van der Waals surface area contributed by atoms with E-state index in [1.807, 2.05) is 12.1 Å². The SMILES string of the molecule is CCCCCCCCCC=CCNCc1ccc(O)cc1. The molecule has 0 heterocycles. The molecule has 0 radical (unpaired) electrons. The van der Waals surface area contributed by atoms with Crippen LogP contribution in [0, 0.1) is 0 Å². The first-order valence-corrected chi connectivity index (χ1v) is 8.46. The van der Waals surface area contributed by atoms with Crippen LogP contribution in [0.2, 0.25) is 0 Å². The minimum Gasteiger partial charge on any atom is -0.508 e. The van der Waals surface area contributed by atoms with Crippen molar-refractivity contribution in [1.29, 1.82) is 0 Å². The molecule has 0 aliphatic rings. The summed E-state index contributed by atoms with van der Waals surface area (Å²) in [5.41, 5.74) is 1.20. The lowest BCUT2D eigenvalue weighted by Crippen LogP contribution is -2.12. The van der Waals surface area contributed by atoms with Crippen LogP contribution in [0.3, 0.4) is 0 Å². The molecule has 2 nitrogen and oxygen atoms in total. The molecule has 1 aromatic rings. The fourth-order valence-corrected chi connectivity index (χ4v) is 2.33. The standard InChI is InChI=1S/C19H31NO/c1-2-3-4-5-6-7-8-9-10-11-16-20-17-18-12-14-19(21)15-13-18/h10-15,20-21H,2-9,16-17H2,1H3. The minimum absolute atomic E-state index is 0.327. The molecule has 0 bridgehead atoms. The average Bonchev–Trinajstić information content (AvgIpc) is 2.50. The lowest BCUT2D eigenvalue weighted by atomic mass is 10.1. The number of aromatic hydroxyl groups is 1. The molecule has 118 valence electrons. The van der Waals surface area contributed by atoms with E-state index in [0.717, 1.165) is 13.1 Å². The van der Waals surface area contributed by atoms with Gasteiger partial charge in [-0.15, -0.1) is 0 Å². The van der Waals surface area contributed by atoms with E-state index in [9.17, 15) is 5.11 Å². The smallest absolute Gasteiger partial charge is 0.115 e. The number of benzene rings is 1. The third-order valence-electron chi connectivity index (χ3n) is 3.67. The number of rotatable bonds is 12. The van der Waals surface area contributed by atoms with Gasteiger partial charge >= 0.3 is 0 Å². The van der Waals surface area contributed by atoms with Gasteiger partial charge in [-0.05, 0) is 30.5 Å². The number of unbranched alkanes of at least 4 members (excludes halogenated alkanes) is 7. The first-order chi connectivity index (χ1) is 10.3. The van der Waals surface area contributed by atoms with Crippen molar-refractivity contribution in [2.45, 2.75) is 64.8 Å². The van der Waals surface area contributed by atoms with Gasteiger partial charge in [0.05, 0.1) is 0 Å². The summed E-state index contributed by atoms with van der Waals surface area (Å²) in [6, 6.07) is 7.36. The molecule has 0 saturated carbocycles. The fourth-order valence-electron chi connectivity index (χ4n) is 2.33. The van der Waals surface area contributed by atoms with Gasteiger partial charge in [-0.2, -0.15) is 0 Å². The van der Waals surface area contributed by atoms with Gasteiger partial charge in [-0.25, -0.2) is 0 Å². The highest BCUT2D eigenvalue weighted by molar-refractivity contribution is 5.25. The maximum absolute atomic E-state index is 9.20. The van der Waals surface area contributed by atoms with E-state index in [-0.39, 0.29) is 0 Å². The van der Waals surface area contributed by atoms with Gasteiger partial charge < -0.3 is 10.4 Å². The second-order valence-electron chi connectivity index (χ2n) is 5.68. The summed E-state index contributed by atoms with van der Waals surface area (Å²) < 4.78 is 0. The molecule has 0 spiro atoms. The normalized spacial score (nSPS) is 11.3. The molecule has 0 atom stereocenters. The van der Waals surface area contributed by atoms with Crippen molar-refractivity contribution in [2.75, 3.05) is 6.54 Å². The maximum atomic E-state index is 9.20. The third kappa shape index (κ3) is 10.1. The van der Waals surface area contributed by atoms with Gasteiger partial charge in [0.2, 0.25) is 0 Å². The van der Waals surface area contributed by atoms with Crippen molar-refractivity contribution in [3.63, 3.8) is 0 Å². The number of phenols is 1. The van der Waals surface area contributed by atoms with Crippen molar-refractivity contribution < 1.29 is 5.11 Å². The first kappa shape index (κ1) is 17.8. The zero-order valence-electron chi connectivity index (χ0n) is 13.5. The highest BCUT2D eigenvalue weighted by Gasteiger charge is 1.92. The molecule has 0 amide bonds. The van der Waals surface area contributed by atoms with Gasteiger partial charge in [0.1, 0.15) is 5.75 Å². The van der Waals surface area contributed by atoms with Crippen LogP contribution in [0.15, 0.2) is 36.4 Å². The second-order valence-corrected chi connectivity index (χ2v) is 5.68. The highest BCUT2D eigenvalue weighted by Crippen LogP contribution is 2.09. The Hall–Kier alpha value is -1.28. The van der Waals surface area contributed by atoms with Crippen LogP contribution in [0.1, 0.15) is 63.9 Å². The van der Waals surface area contributed by atoms with Gasteiger partial charge in [0.25, 0.3) is 0 Å². The first-order valence-electron chi connectivity index (χ1n) is 8.46. The topological polar surface area (TPSA) is 32.3 Å². The van der Waals surface area contributed by atoms with Crippen molar-refractivity contribution in [3.8, 4) is 5.75 Å². The Morgan fingerprint density at radius 1 is 0.905 bits per heavy atom. The Morgan fingerprint density at radius 3 is 2.29 bits per heavy atom. The van der Waals surface area contributed by atoms with E-state index < -0.39 is 0 Å². The number of hydrogen-bond donors (Lipinski definition) is 2. The van der Waals surface area contributed by atoms with Crippen molar-refractivity contribution in [1.82, 2.24) is 5.32 Å². The van der Waals surface area contributed by atoms with E-state index in [2.05, 4.69) is 24.4 Å². The molecular formula is C19H31NO. The monoisotopic (exact) mass is 289 g/mol. The Labute approximate surface area is 130 Å². The fraction of sp³-hybridized carbons (Fsp3) is 0.579. The Morgan fingerprint density at radius 2 is 1.57 bits per heavy atom. The lowest BCUT2D eigenvalue weighted by Gasteiger charge is -2.02. The summed E-state index contributed by atoms with van der Waals surface area (Å²) >= 11 is 0. The minimum atomic E-state index is 0.327. The maximum Gasteiger partial charge on any atom is 0.115 e. The molecule has 0 aliphatic heterocycles. The zero-order chi connectivity index (χ0) is 15.2. The summed E-state index contributed by atoms with van der Waals surface area (Å²) in [6.07, 6.45) is 15.3.